The van der Waals surface area contributed by atoms with Gasteiger partial charge in [-0.25, -0.2) is 9.78 Å². The molecule has 10 heteroatoms. The van der Waals surface area contributed by atoms with Crippen LogP contribution in [-0.4, -0.2) is 46.3 Å². The van der Waals surface area contributed by atoms with Crippen molar-refractivity contribution in [3.05, 3.63) is 77.9 Å². The molecule has 1 heterocycles. The Balaban J connectivity index is 1.53. The highest BCUT2D eigenvalue weighted by molar-refractivity contribution is 6.09. The molecule has 0 aliphatic rings. The Bertz CT molecular complexity index is 1180. The average Bonchev–Trinajstić information content (AvgIpc) is 3.36. The lowest BCUT2D eigenvalue weighted by Gasteiger charge is -2.18. The molecule has 0 saturated carbocycles. The van der Waals surface area contributed by atoms with Crippen LogP contribution in [0.15, 0.2) is 66.0 Å². The molecule has 0 spiro atoms. The van der Waals surface area contributed by atoms with E-state index in [4.69, 9.17) is 10.5 Å². The number of aromatic amines is 1. The number of isocyanates is 1. The van der Waals surface area contributed by atoms with Crippen molar-refractivity contribution in [2.24, 2.45) is 16.6 Å². The van der Waals surface area contributed by atoms with Gasteiger partial charge in [-0.1, -0.05) is 6.92 Å². The number of ether oxygens (including phenoxy) is 1. The lowest BCUT2D eigenvalue weighted by Crippen LogP contribution is -2.48. The summed E-state index contributed by atoms with van der Waals surface area (Å²) < 4.78 is 5.67. The SMILES string of the molecule is CC(COc1ccc(C(=O)c2ccc(N=C=O)cc2)cc1)C(=O)NC(Cc1cnc[nH]1)C(N)=O. The van der Waals surface area contributed by atoms with Gasteiger partial charge in [0.25, 0.3) is 0 Å². The smallest absolute Gasteiger partial charge is 0.240 e. The summed E-state index contributed by atoms with van der Waals surface area (Å²) in [5.41, 5.74) is 7.39. The molecule has 0 bridgehead atoms. The van der Waals surface area contributed by atoms with Gasteiger partial charge < -0.3 is 20.8 Å². The summed E-state index contributed by atoms with van der Waals surface area (Å²) in [6, 6.07) is 11.9. The Kier molecular flexibility index (Phi) is 8.04. The minimum Gasteiger partial charge on any atom is -0.493 e. The molecule has 0 radical (unpaired) electrons. The summed E-state index contributed by atoms with van der Waals surface area (Å²) in [6.07, 6.45) is 4.69. The van der Waals surface area contributed by atoms with Crippen molar-refractivity contribution in [1.29, 1.82) is 0 Å². The average molecular weight is 461 g/mol. The van der Waals surface area contributed by atoms with Gasteiger partial charge in [0.05, 0.1) is 24.5 Å². The standard InChI is InChI=1S/C24H23N5O5/c1-15(24(33)29-21(23(25)32)10-19-11-26-13-27-19)12-34-20-8-4-17(5-9-20)22(31)16-2-6-18(7-3-16)28-14-30/h2-9,11,13,15,21H,10,12H2,1H3,(H2,25,32)(H,26,27)(H,29,33). The van der Waals surface area contributed by atoms with Gasteiger partial charge in [0, 0.05) is 29.4 Å². The van der Waals surface area contributed by atoms with Gasteiger partial charge in [0.2, 0.25) is 17.9 Å². The van der Waals surface area contributed by atoms with Crippen LogP contribution < -0.4 is 15.8 Å². The van der Waals surface area contributed by atoms with Crippen LogP contribution in [0.2, 0.25) is 0 Å². The zero-order valence-corrected chi connectivity index (χ0v) is 18.4. The molecular formula is C24H23N5O5. The number of ketones is 1. The van der Waals surface area contributed by atoms with Crippen LogP contribution in [0.4, 0.5) is 5.69 Å². The maximum Gasteiger partial charge on any atom is 0.240 e. The van der Waals surface area contributed by atoms with E-state index >= 15 is 0 Å². The predicted octanol–water partition coefficient (Wildman–Crippen LogP) is 1.84. The number of nitrogens with two attached hydrogens (primary N) is 1. The zero-order valence-electron chi connectivity index (χ0n) is 18.4. The minimum atomic E-state index is -0.875. The highest BCUT2D eigenvalue weighted by Crippen LogP contribution is 2.18. The topological polar surface area (TPSA) is 157 Å². The summed E-state index contributed by atoms with van der Waals surface area (Å²) in [5, 5.41) is 2.63. The Morgan fingerprint density at radius 1 is 1.12 bits per heavy atom. The molecule has 0 fully saturated rings. The Hall–Kier alpha value is -4.56. The third kappa shape index (κ3) is 6.47. The molecule has 2 atom stereocenters. The predicted molar refractivity (Wildman–Crippen MR) is 122 cm³/mol. The van der Waals surface area contributed by atoms with Crippen LogP contribution in [0.5, 0.6) is 5.75 Å². The van der Waals surface area contributed by atoms with Crippen LogP contribution in [0.3, 0.4) is 0 Å². The second-order valence-electron chi connectivity index (χ2n) is 7.56. The highest BCUT2D eigenvalue weighted by atomic mass is 16.5. The van der Waals surface area contributed by atoms with E-state index < -0.39 is 17.9 Å². The summed E-state index contributed by atoms with van der Waals surface area (Å²) in [7, 11) is 0. The molecule has 174 valence electrons. The van der Waals surface area contributed by atoms with Gasteiger partial charge >= 0.3 is 0 Å². The van der Waals surface area contributed by atoms with E-state index in [1.165, 1.54) is 12.4 Å². The fourth-order valence-electron chi connectivity index (χ4n) is 3.06. The largest absolute Gasteiger partial charge is 0.493 e. The van der Waals surface area contributed by atoms with Crippen LogP contribution in [0.1, 0.15) is 28.5 Å². The summed E-state index contributed by atoms with van der Waals surface area (Å²) in [5.74, 6) is -1.30. The molecule has 1 aromatic heterocycles. The van der Waals surface area contributed by atoms with Crippen molar-refractivity contribution >= 4 is 29.4 Å². The maximum atomic E-state index is 12.6. The number of hydrogen-bond acceptors (Lipinski definition) is 7. The number of aliphatic imine (C=N–C) groups is 1. The van der Waals surface area contributed by atoms with E-state index in [-0.39, 0.29) is 24.7 Å². The first-order valence-corrected chi connectivity index (χ1v) is 10.4. The fourth-order valence-corrected chi connectivity index (χ4v) is 3.06. The molecule has 0 aliphatic heterocycles. The second-order valence-corrected chi connectivity index (χ2v) is 7.56. The number of imidazole rings is 1. The number of benzene rings is 2. The summed E-state index contributed by atoms with van der Waals surface area (Å²) in [6.45, 7) is 1.73. The molecule has 10 nitrogen and oxygen atoms in total. The monoisotopic (exact) mass is 461 g/mol. The van der Waals surface area contributed by atoms with Crippen LogP contribution >= 0.6 is 0 Å². The van der Waals surface area contributed by atoms with E-state index in [1.54, 1.807) is 61.7 Å². The maximum absolute atomic E-state index is 12.6. The molecule has 4 N–H and O–H groups in total. The van der Waals surface area contributed by atoms with Gasteiger partial charge in [-0.05, 0) is 48.5 Å². The summed E-state index contributed by atoms with van der Waals surface area (Å²) >= 11 is 0. The van der Waals surface area contributed by atoms with E-state index in [1.807, 2.05) is 0 Å². The van der Waals surface area contributed by atoms with Crippen molar-refractivity contribution in [3.8, 4) is 5.75 Å². The number of rotatable bonds is 11. The van der Waals surface area contributed by atoms with Gasteiger partial charge in [-0.15, -0.1) is 0 Å². The number of H-pyrrole nitrogens is 1. The highest BCUT2D eigenvalue weighted by Gasteiger charge is 2.23. The molecule has 2 unspecified atom stereocenters. The summed E-state index contributed by atoms with van der Waals surface area (Å²) in [4.78, 5) is 57.3. The van der Waals surface area contributed by atoms with Crippen molar-refractivity contribution in [3.63, 3.8) is 0 Å². The number of hydrogen-bond donors (Lipinski definition) is 3. The van der Waals surface area contributed by atoms with E-state index in [2.05, 4.69) is 20.3 Å². The van der Waals surface area contributed by atoms with Gasteiger partial charge in [0.15, 0.2) is 5.78 Å². The number of nitrogens with zero attached hydrogens (tertiary/aromatic N) is 2. The Morgan fingerprint density at radius 2 is 1.76 bits per heavy atom. The quantitative estimate of drug-likeness (QED) is 0.225. The number of nitrogens with one attached hydrogen (secondary N) is 2. The number of aromatic nitrogens is 2. The Morgan fingerprint density at radius 3 is 2.32 bits per heavy atom. The third-order valence-electron chi connectivity index (χ3n) is 5.01. The van der Waals surface area contributed by atoms with Gasteiger partial charge in [0.1, 0.15) is 11.8 Å². The van der Waals surface area contributed by atoms with Crippen molar-refractivity contribution in [1.82, 2.24) is 15.3 Å². The van der Waals surface area contributed by atoms with Crippen molar-refractivity contribution in [2.75, 3.05) is 6.61 Å². The molecule has 2 amide bonds. The molecule has 2 aromatic carbocycles. The Labute approximate surface area is 195 Å². The molecule has 0 saturated heterocycles. The lowest BCUT2D eigenvalue weighted by atomic mass is 10.0. The first kappa shape index (κ1) is 24.1. The lowest BCUT2D eigenvalue weighted by molar-refractivity contribution is -0.130. The zero-order chi connectivity index (χ0) is 24.5. The first-order chi connectivity index (χ1) is 16.4. The number of primary amides is 1. The fraction of sp³-hybridized carbons (Fsp3) is 0.208. The molecule has 0 aliphatic carbocycles. The van der Waals surface area contributed by atoms with Crippen LogP contribution in [0.25, 0.3) is 0 Å². The van der Waals surface area contributed by atoms with Crippen molar-refractivity contribution < 1.29 is 23.9 Å². The number of carbonyl (C=O) groups is 3. The number of carbonyl (C=O) groups excluding carboxylic acids is 4. The first-order valence-electron chi connectivity index (χ1n) is 10.4. The molecule has 3 rings (SSSR count). The molecule has 34 heavy (non-hydrogen) atoms. The minimum absolute atomic E-state index is 0.0629. The normalized spacial score (nSPS) is 12.1. The number of amides is 2. The van der Waals surface area contributed by atoms with Crippen LogP contribution in [0, 0.1) is 5.92 Å². The molecule has 3 aromatic rings. The van der Waals surface area contributed by atoms with E-state index in [9.17, 15) is 19.2 Å². The van der Waals surface area contributed by atoms with E-state index in [0.29, 0.717) is 28.3 Å². The van der Waals surface area contributed by atoms with Gasteiger partial charge in [-0.3, -0.25) is 14.4 Å². The van der Waals surface area contributed by atoms with Crippen LogP contribution in [-0.2, 0) is 20.8 Å². The van der Waals surface area contributed by atoms with Crippen molar-refractivity contribution in [2.45, 2.75) is 19.4 Å². The van der Waals surface area contributed by atoms with E-state index in [0.717, 1.165) is 0 Å². The van der Waals surface area contributed by atoms with Gasteiger partial charge in [-0.2, -0.15) is 4.99 Å². The second kappa shape index (κ2) is 11.3. The third-order valence-corrected chi connectivity index (χ3v) is 5.01. The molecular weight excluding hydrogens is 438 g/mol.